The quantitative estimate of drug-likeness (QED) is 0.613. The molecule has 1 aromatic rings. The Kier molecular flexibility index (Phi) is 4.70. The molecule has 0 radical (unpaired) electrons. The first-order valence-corrected chi connectivity index (χ1v) is 9.34. The molecule has 1 heterocycles. The number of aliphatic hydroxyl groups is 1. The van der Waals surface area contributed by atoms with Crippen molar-refractivity contribution < 1.29 is 9.84 Å². The average Bonchev–Trinajstić information content (AvgIpc) is 2.53. The van der Waals surface area contributed by atoms with Crippen LogP contribution in [-0.4, -0.2) is 29.3 Å². The second-order valence-electron chi connectivity index (χ2n) is 5.25. The van der Waals surface area contributed by atoms with Crippen LogP contribution in [0.5, 0.6) is 0 Å². The minimum Gasteiger partial charge on any atom is -0.390 e. The molecule has 0 unspecified atom stereocenters. The molecule has 4 nitrogen and oxygen atoms in total. The van der Waals surface area contributed by atoms with Gasteiger partial charge in [0, 0.05) is 20.4 Å². The van der Waals surface area contributed by atoms with Crippen LogP contribution in [0.2, 0.25) is 25.7 Å². The van der Waals surface area contributed by atoms with E-state index in [2.05, 4.69) is 24.6 Å². The van der Waals surface area contributed by atoms with Gasteiger partial charge in [0.15, 0.2) is 0 Å². The molecule has 0 spiro atoms. The van der Waals surface area contributed by atoms with Gasteiger partial charge in [-0.2, -0.15) is 0 Å². The molecule has 0 amide bonds. The molecule has 0 bridgehead atoms. The number of aliphatic hydroxyl groups excluding tert-OH is 1. The maximum atomic E-state index is 9.00. The summed E-state index contributed by atoms with van der Waals surface area (Å²) < 4.78 is 7.54. The highest BCUT2D eigenvalue weighted by Gasteiger charge is 2.12. The average molecular weight is 242 g/mol. The van der Waals surface area contributed by atoms with Gasteiger partial charge in [0.25, 0.3) is 0 Å². The topological polar surface area (TPSA) is 47.3 Å². The van der Waals surface area contributed by atoms with Gasteiger partial charge in [-0.25, -0.2) is 4.98 Å². The molecule has 0 atom stereocenters. The first-order valence-electron chi connectivity index (χ1n) is 5.63. The molecule has 1 N–H and O–H groups in total. The molecule has 92 valence electrons. The molecule has 0 saturated carbocycles. The van der Waals surface area contributed by atoms with Crippen molar-refractivity contribution >= 4 is 8.07 Å². The van der Waals surface area contributed by atoms with Gasteiger partial charge in [-0.3, -0.25) is 0 Å². The summed E-state index contributed by atoms with van der Waals surface area (Å²) in [5, 5.41) is 9.00. The number of ether oxygens (including phenoxy) is 1. The SMILES string of the molecule is Cc1c(CO)ncn1COCC[Si](C)(C)C. The number of hydrogen-bond donors (Lipinski definition) is 1. The summed E-state index contributed by atoms with van der Waals surface area (Å²) in [4.78, 5) is 4.10. The highest BCUT2D eigenvalue weighted by Crippen LogP contribution is 2.09. The second-order valence-corrected chi connectivity index (χ2v) is 10.9. The van der Waals surface area contributed by atoms with Crippen LogP contribution in [0.1, 0.15) is 11.4 Å². The summed E-state index contributed by atoms with van der Waals surface area (Å²) in [6.45, 7) is 10.3. The minimum absolute atomic E-state index is 0.00621. The Hall–Kier alpha value is -0.653. The van der Waals surface area contributed by atoms with E-state index in [0.29, 0.717) is 6.73 Å². The van der Waals surface area contributed by atoms with E-state index in [4.69, 9.17) is 9.84 Å². The lowest BCUT2D eigenvalue weighted by Crippen LogP contribution is -2.22. The van der Waals surface area contributed by atoms with Gasteiger partial charge >= 0.3 is 0 Å². The Morgan fingerprint density at radius 1 is 1.44 bits per heavy atom. The largest absolute Gasteiger partial charge is 0.390 e. The standard InChI is InChI=1S/C11H22N2O2Si/c1-10-11(7-14)12-8-13(10)9-15-5-6-16(2,3)4/h8,14H,5-7,9H2,1-4H3. The number of aromatic nitrogens is 2. The van der Waals surface area contributed by atoms with E-state index in [-0.39, 0.29) is 6.61 Å². The van der Waals surface area contributed by atoms with Crippen LogP contribution in [0.3, 0.4) is 0 Å². The van der Waals surface area contributed by atoms with Crippen LogP contribution in [0, 0.1) is 6.92 Å². The van der Waals surface area contributed by atoms with Crippen molar-refractivity contribution in [3.8, 4) is 0 Å². The molecule has 0 aliphatic rings. The van der Waals surface area contributed by atoms with E-state index < -0.39 is 8.07 Å². The van der Waals surface area contributed by atoms with Crippen LogP contribution >= 0.6 is 0 Å². The lowest BCUT2D eigenvalue weighted by molar-refractivity contribution is 0.0857. The summed E-state index contributed by atoms with van der Waals surface area (Å²) in [6.07, 6.45) is 1.72. The van der Waals surface area contributed by atoms with Crippen molar-refractivity contribution in [2.75, 3.05) is 6.61 Å². The highest BCUT2D eigenvalue weighted by molar-refractivity contribution is 6.76. The van der Waals surface area contributed by atoms with Gasteiger partial charge < -0.3 is 14.4 Å². The van der Waals surface area contributed by atoms with E-state index in [9.17, 15) is 0 Å². The third-order valence-electron chi connectivity index (χ3n) is 2.58. The van der Waals surface area contributed by atoms with Crippen molar-refractivity contribution in [2.24, 2.45) is 0 Å². The third-order valence-corrected chi connectivity index (χ3v) is 4.28. The number of hydrogen-bond acceptors (Lipinski definition) is 3. The maximum Gasteiger partial charge on any atom is 0.123 e. The Labute approximate surface area is 98.3 Å². The molecule has 1 aromatic heterocycles. The van der Waals surface area contributed by atoms with Gasteiger partial charge in [-0.15, -0.1) is 0 Å². The fraction of sp³-hybridized carbons (Fsp3) is 0.727. The van der Waals surface area contributed by atoms with Crippen molar-refractivity contribution in [3.05, 3.63) is 17.7 Å². The van der Waals surface area contributed by atoms with Crippen molar-refractivity contribution in [3.63, 3.8) is 0 Å². The van der Waals surface area contributed by atoms with E-state index >= 15 is 0 Å². The Morgan fingerprint density at radius 2 is 2.12 bits per heavy atom. The zero-order valence-electron chi connectivity index (χ0n) is 10.7. The van der Waals surface area contributed by atoms with Crippen LogP contribution in [0.15, 0.2) is 6.33 Å². The van der Waals surface area contributed by atoms with E-state index in [1.165, 1.54) is 6.04 Å². The molecular formula is C11H22N2O2Si. The second kappa shape index (κ2) is 5.61. The molecular weight excluding hydrogens is 220 g/mol. The van der Waals surface area contributed by atoms with Gasteiger partial charge in [-0.1, -0.05) is 19.6 Å². The fourth-order valence-electron chi connectivity index (χ4n) is 1.31. The van der Waals surface area contributed by atoms with Crippen LogP contribution in [0.25, 0.3) is 0 Å². The first-order chi connectivity index (χ1) is 7.44. The predicted octanol–water partition coefficient (Wildman–Crippen LogP) is 2.00. The molecule has 0 fully saturated rings. The molecule has 0 aromatic carbocycles. The number of rotatable bonds is 6. The van der Waals surface area contributed by atoms with Crippen LogP contribution in [0.4, 0.5) is 0 Å². The van der Waals surface area contributed by atoms with E-state index in [1.807, 2.05) is 11.5 Å². The Bertz CT molecular complexity index is 331. The highest BCUT2D eigenvalue weighted by atomic mass is 28.3. The third kappa shape index (κ3) is 4.07. The van der Waals surface area contributed by atoms with Crippen LogP contribution in [-0.2, 0) is 18.1 Å². The van der Waals surface area contributed by atoms with Gasteiger partial charge in [0.2, 0.25) is 0 Å². The summed E-state index contributed by atoms with van der Waals surface area (Å²) in [6, 6.07) is 1.17. The smallest absolute Gasteiger partial charge is 0.123 e. The molecule has 5 heteroatoms. The number of imidazole rings is 1. The van der Waals surface area contributed by atoms with Gasteiger partial charge in [0.1, 0.15) is 6.73 Å². The van der Waals surface area contributed by atoms with E-state index in [1.54, 1.807) is 6.33 Å². The molecule has 0 saturated heterocycles. The lowest BCUT2D eigenvalue weighted by atomic mass is 10.4. The molecule has 0 aliphatic carbocycles. The minimum atomic E-state index is -1.00. The summed E-state index contributed by atoms with van der Waals surface area (Å²) in [7, 11) is -1.00. The van der Waals surface area contributed by atoms with E-state index in [0.717, 1.165) is 18.0 Å². The fourth-order valence-corrected chi connectivity index (χ4v) is 2.07. The predicted molar refractivity (Wildman–Crippen MR) is 67.0 cm³/mol. The summed E-state index contributed by atoms with van der Waals surface area (Å²) in [5.74, 6) is 0. The monoisotopic (exact) mass is 242 g/mol. The first kappa shape index (κ1) is 13.4. The lowest BCUT2D eigenvalue weighted by Gasteiger charge is -2.15. The molecule has 16 heavy (non-hydrogen) atoms. The normalized spacial score (nSPS) is 12.1. The van der Waals surface area contributed by atoms with Crippen molar-refractivity contribution in [1.29, 1.82) is 0 Å². The summed E-state index contributed by atoms with van der Waals surface area (Å²) >= 11 is 0. The van der Waals surface area contributed by atoms with Crippen molar-refractivity contribution in [2.45, 2.75) is 45.9 Å². The number of nitrogens with zero attached hydrogens (tertiary/aromatic N) is 2. The molecule has 1 rings (SSSR count). The zero-order chi connectivity index (χ0) is 12.2. The van der Waals surface area contributed by atoms with Crippen molar-refractivity contribution in [1.82, 2.24) is 9.55 Å². The summed E-state index contributed by atoms with van der Waals surface area (Å²) in [5.41, 5.74) is 1.71. The van der Waals surface area contributed by atoms with Gasteiger partial charge in [0.05, 0.1) is 18.6 Å². The molecule has 0 aliphatic heterocycles. The zero-order valence-corrected chi connectivity index (χ0v) is 11.7. The van der Waals surface area contributed by atoms with Gasteiger partial charge in [-0.05, 0) is 13.0 Å². The Morgan fingerprint density at radius 3 is 2.62 bits per heavy atom. The van der Waals surface area contributed by atoms with Crippen LogP contribution < -0.4 is 0 Å². The Balaban J connectivity index is 2.35. The maximum absolute atomic E-state index is 9.00.